The normalized spacial score (nSPS) is 17.5. The van der Waals surface area contributed by atoms with Gasteiger partial charge in [-0.25, -0.2) is 10.4 Å². The molecule has 1 aromatic carbocycles. The molecule has 0 saturated heterocycles. The quantitative estimate of drug-likeness (QED) is 0.673. The average Bonchev–Trinajstić information content (AvgIpc) is 2.71. The second-order valence-electron chi connectivity index (χ2n) is 6.38. The number of fused-ring (bicyclic) bond motifs is 1. The number of nitrogens with one attached hydrogen (secondary N) is 2. The van der Waals surface area contributed by atoms with Crippen LogP contribution in [0.15, 0.2) is 52.0 Å². The Morgan fingerprint density at radius 3 is 2.79 bits per heavy atom. The molecular weight excluding hydrogens is 302 g/mol. The molecule has 0 bridgehead atoms. The zero-order chi connectivity index (χ0) is 17.3. The van der Waals surface area contributed by atoms with Gasteiger partial charge in [0, 0.05) is 41.8 Å². The Morgan fingerprint density at radius 2 is 2.08 bits per heavy atom. The smallest absolute Gasteiger partial charge is 0.252 e. The first kappa shape index (κ1) is 16.0. The first-order valence-corrected chi connectivity index (χ1v) is 7.80. The Kier molecular flexibility index (Phi) is 3.97. The highest BCUT2D eigenvalue weighted by Gasteiger charge is 2.37. The van der Waals surface area contributed by atoms with Crippen LogP contribution >= 0.6 is 0 Å². The molecule has 3 rings (SSSR count). The summed E-state index contributed by atoms with van der Waals surface area (Å²) in [5, 5.41) is 4.14. The van der Waals surface area contributed by atoms with Gasteiger partial charge in [-0.05, 0) is 24.6 Å². The molecule has 1 aliphatic heterocycles. The molecule has 0 amide bonds. The summed E-state index contributed by atoms with van der Waals surface area (Å²) in [5.74, 6) is 0.331. The fraction of sp³-hybridized carbons (Fsp3) is 0.278. The van der Waals surface area contributed by atoms with E-state index in [2.05, 4.69) is 64.5 Å². The lowest BCUT2D eigenvalue weighted by Gasteiger charge is -2.23. The summed E-state index contributed by atoms with van der Waals surface area (Å²) in [6.45, 7) is 6.16. The summed E-state index contributed by atoms with van der Waals surface area (Å²) in [5.41, 5.74) is 6.76. The van der Waals surface area contributed by atoms with Crippen LogP contribution in [-0.4, -0.2) is 23.2 Å². The molecule has 0 spiro atoms. The van der Waals surface area contributed by atoms with Gasteiger partial charge in [-0.15, -0.1) is 0 Å². The number of aromatic amines is 1. The van der Waals surface area contributed by atoms with Crippen LogP contribution in [0.1, 0.15) is 25.1 Å². The number of allylic oxidation sites excluding steroid dienone is 2. The molecule has 124 valence electrons. The molecule has 1 aromatic heterocycles. The summed E-state index contributed by atoms with van der Waals surface area (Å²) in [6.07, 6.45) is 3.66. The lowest BCUT2D eigenvalue weighted by molar-refractivity contribution is 0.641. The van der Waals surface area contributed by atoms with Crippen molar-refractivity contribution in [2.45, 2.75) is 26.2 Å². The molecule has 0 atom stereocenters. The SMILES string of the molecule is Cc1cc(=O)[nH]c(NN=C/C=C2/N(C)c3ccccc3C2(C)C)n1. The Balaban J connectivity index is 1.81. The maximum absolute atomic E-state index is 11.4. The van der Waals surface area contributed by atoms with Crippen molar-refractivity contribution in [1.82, 2.24) is 9.97 Å². The minimum Gasteiger partial charge on any atom is -0.347 e. The first-order chi connectivity index (χ1) is 11.4. The highest BCUT2D eigenvalue weighted by molar-refractivity contribution is 5.79. The van der Waals surface area contributed by atoms with Gasteiger partial charge in [0.1, 0.15) is 0 Å². The van der Waals surface area contributed by atoms with Crippen LogP contribution in [0.2, 0.25) is 0 Å². The molecule has 2 N–H and O–H groups in total. The maximum atomic E-state index is 11.4. The second kappa shape index (κ2) is 5.96. The van der Waals surface area contributed by atoms with E-state index in [4.69, 9.17) is 0 Å². The zero-order valence-corrected chi connectivity index (χ0v) is 14.3. The Bertz CT molecular complexity index is 879. The van der Waals surface area contributed by atoms with Crippen LogP contribution in [0.4, 0.5) is 11.6 Å². The summed E-state index contributed by atoms with van der Waals surface area (Å²) in [6, 6.07) is 9.82. The van der Waals surface area contributed by atoms with Crippen molar-refractivity contribution in [3.63, 3.8) is 0 Å². The van der Waals surface area contributed by atoms with Crippen molar-refractivity contribution >= 4 is 17.9 Å². The molecule has 0 fully saturated rings. The predicted molar refractivity (Wildman–Crippen MR) is 97.7 cm³/mol. The number of hydrogen-bond acceptors (Lipinski definition) is 5. The first-order valence-electron chi connectivity index (χ1n) is 7.80. The molecule has 2 aromatic rings. The van der Waals surface area contributed by atoms with Crippen LogP contribution in [-0.2, 0) is 5.41 Å². The molecular formula is C18H21N5O. The van der Waals surface area contributed by atoms with Gasteiger partial charge in [-0.1, -0.05) is 32.0 Å². The topological polar surface area (TPSA) is 73.4 Å². The molecule has 1 aliphatic rings. The largest absolute Gasteiger partial charge is 0.347 e. The number of aromatic nitrogens is 2. The van der Waals surface area contributed by atoms with E-state index in [1.165, 1.54) is 17.3 Å². The highest BCUT2D eigenvalue weighted by atomic mass is 16.1. The van der Waals surface area contributed by atoms with E-state index in [0.29, 0.717) is 11.6 Å². The summed E-state index contributed by atoms with van der Waals surface area (Å²) >= 11 is 0. The number of hydrogen-bond donors (Lipinski definition) is 2. The van der Waals surface area contributed by atoms with E-state index >= 15 is 0 Å². The number of likely N-dealkylation sites (N-methyl/N-ethyl adjacent to an activating group) is 1. The monoisotopic (exact) mass is 323 g/mol. The number of hydrazone groups is 1. The summed E-state index contributed by atoms with van der Waals surface area (Å²) in [4.78, 5) is 20.3. The number of para-hydroxylation sites is 1. The van der Waals surface area contributed by atoms with E-state index in [1.807, 2.05) is 12.1 Å². The molecule has 0 unspecified atom stereocenters. The van der Waals surface area contributed by atoms with E-state index < -0.39 is 0 Å². The van der Waals surface area contributed by atoms with Gasteiger partial charge in [-0.3, -0.25) is 9.78 Å². The van der Waals surface area contributed by atoms with Crippen molar-refractivity contribution in [1.29, 1.82) is 0 Å². The Labute approximate surface area is 140 Å². The zero-order valence-electron chi connectivity index (χ0n) is 14.3. The number of benzene rings is 1. The van der Waals surface area contributed by atoms with Crippen LogP contribution in [0.25, 0.3) is 0 Å². The highest BCUT2D eigenvalue weighted by Crippen LogP contribution is 2.46. The number of H-pyrrole nitrogens is 1. The molecule has 6 heteroatoms. The van der Waals surface area contributed by atoms with Gasteiger partial charge < -0.3 is 4.90 Å². The number of nitrogens with zero attached hydrogens (tertiary/aromatic N) is 3. The number of aryl methyl sites for hydroxylation is 1. The van der Waals surface area contributed by atoms with Crippen LogP contribution in [0, 0.1) is 6.92 Å². The second-order valence-corrected chi connectivity index (χ2v) is 6.38. The van der Waals surface area contributed by atoms with Gasteiger partial charge in [0.05, 0.1) is 0 Å². The predicted octanol–water partition coefficient (Wildman–Crippen LogP) is 2.79. The molecule has 2 heterocycles. The minimum atomic E-state index is -0.203. The van der Waals surface area contributed by atoms with Crippen LogP contribution in [0.3, 0.4) is 0 Å². The number of anilines is 2. The molecule has 0 radical (unpaired) electrons. The lowest BCUT2D eigenvalue weighted by Crippen LogP contribution is -2.23. The minimum absolute atomic E-state index is 0.0900. The van der Waals surface area contributed by atoms with Crippen molar-refractivity contribution in [3.05, 3.63) is 63.7 Å². The Morgan fingerprint density at radius 1 is 1.33 bits per heavy atom. The standard InChI is InChI=1S/C18H21N5O/c1-12-11-16(24)21-17(20-12)22-19-10-9-15-18(2,3)13-7-5-6-8-14(13)23(15)4/h5-11H,1-4H3,(H2,20,21,22,24)/b15-9+,19-10?. The van der Waals surface area contributed by atoms with Gasteiger partial charge in [0.2, 0.25) is 5.95 Å². The van der Waals surface area contributed by atoms with Gasteiger partial charge in [-0.2, -0.15) is 5.10 Å². The summed E-state index contributed by atoms with van der Waals surface area (Å²) in [7, 11) is 2.06. The van der Waals surface area contributed by atoms with Crippen molar-refractivity contribution in [3.8, 4) is 0 Å². The van der Waals surface area contributed by atoms with Crippen LogP contribution in [0.5, 0.6) is 0 Å². The van der Waals surface area contributed by atoms with Crippen molar-refractivity contribution in [2.24, 2.45) is 5.10 Å². The summed E-state index contributed by atoms with van der Waals surface area (Å²) < 4.78 is 0. The van der Waals surface area contributed by atoms with Gasteiger partial charge in [0.15, 0.2) is 0 Å². The van der Waals surface area contributed by atoms with E-state index in [-0.39, 0.29) is 11.0 Å². The maximum Gasteiger partial charge on any atom is 0.252 e. The van der Waals surface area contributed by atoms with Crippen molar-refractivity contribution in [2.75, 3.05) is 17.4 Å². The average molecular weight is 323 g/mol. The lowest BCUT2D eigenvalue weighted by atomic mass is 9.84. The third-order valence-corrected chi connectivity index (χ3v) is 4.29. The van der Waals surface area contributed by atoms with Gasteiger partial charge in [0.25, 0.3) is 5.56 Å². The molecule has 24 heavy (non-hydrogen) atoms. The number of rotatable bonds is 3. The molecule has 6 nitrogen and oxygen atoms in total. The molecule has 0 saturated carbocycles. The van der Waals surface area contributed by atoms with Gasteiger partial charge >= 0.3 is 0 Å². The Hall–Kier alpha value is -2.89. The molecule has 0 aliphatic carbocycles. The van der Waals surface area contributed by atoms with E-state index in [0.717, 1.165) is 5.70 Å². The van der Waals surface area contributed by atoms with Crippen LogP contribution < -0.4 is 15.9 Å². The third-order valence-electron chi connectivity index (χ3n) is 4.29. The van der Waals surface area contributed by atoms with E-state index in [9.17, 15) is 4.79 Å². The third kappa shape index (κ3) is 2.82. The fourth-order valence-corrected chi connectivity index (χ4v) is 3.14. The van der Waals surface area contributed by atoms with Crippen molar-refractivity contribution < 1.29 is 0 Å². The fourth-order valence-electron chi connectivity index (χ4n) is 3.14. The van der Waals surface area contributed by atoms with E-state index in [1.54, 1.807) is 13.1 Å².